The van der Waals surface area contributed by atoms with E-state index in [1.807, 2.05) is 0 Å². The molecule has 3 N–H and O–H groups in total. The van der Waals surface area contributed by atoms with Crippen molar-refractivity contribution in [1.29, 1.82) is 0 Å². The molecular weight excluding hydrogens is 220 g/mol. The van der Waals surface area contributed by atoms with Gasteiger partial charge in [0, 0.05) is 23.4 Å². The molecule has 1 aromatic rings. The van der Waals surface area contributed by atoms with Crippen LogP contribution in [0.1, 0.15) is 23.8 Å². The molecule has 0 saturated heterocycles. The number of carboxylic acids is 1. The van der Waals surface area contributed by atoms with Gasteiger partial charge in [0.15, 0.2) is 0 Å². The summed E-state index contributed by atoms with van der Waals surface area (Å²) in [6.45, 7) is 0. The van der Waals surface area contributed by atoms with Gasteiger partial charge in [-0.3, -0.25) is 14.9 Å². The first kappa shape index (κ1) is 11.6. The first-order valence-electron chi connectivity index (χ1n) is 4.22. The molecule has 6 nitrogen and oxygen atoms in total. The van der Waals surface area contributed by atoms with E-state index in [1.165, 1.54) is 6.07 Å². The number of nitrogens with two attached hydrogens (primary N) is 1. The Hall–Kier alpha value is -1.47. The molecule has 15 heavy (non-hydrogen) atoms. The molecule has 1 atom stereocenters. The monoisotopic (exact) mass is 230 g/mol. The summed E-state index contributed by atoms with van der Waals surface area (Å²) in [4.78, 5) is 20.8. The third kappa shape index (κ3) is 3.30. The summed E-state index contributed by atoms with van der Waals surface area (Å²) in [6.07, 6.45) is 0.250. The highest BCUT2D eigenvalue weighted by Gasteiger charge is 2.15. The van der Waals surface area contributed by atoms with Crippen LogP contribution in [0.2, 0.25) is 0 Å². The lowest BCUT2D eigenvalue weighted by Crippen LogP contribution is -2.10. The summed E-state index contributed by atoms with van der Waals surface area (Å²) in [7, 11) is 0. The second kappa shape index (κ2) is 4.85. The van der Waals surface area contributed by atoms with Crippen LogP contribution in [0, 0.1) is 10.1 Å². The van der Waals surface area contributed by atoms with Crippen molar-refractivity contribution >= 4 is 22.3 Å². The molecule has 1 rings (SSSR count). The topological polar surface area (TPSA) is 106 Å². The van der Waals surface area contributed by atoms with E-state index in [-0.39, 0.29) is 17.8 Å². The van der Waals surface area contributed by atoms with Gasteiger partial charge in [0.05, 0.1) is 4.92 Å². The molecule has 1 aromatic heterocycles. The van der Waals surface area contributed by atoms with Crippen LogP contribution < -0.4 is 5.73 Å². The first-order chi connectivity index (χ1) is 7.00. The molecule has 0 radical (unpaired) electrons. The highest BCUT2D eigenvalue weighted by atomic mass is 32.1. The molecule has 0 saturated carbocycles. The summed E-state index contributed by atoms with van der Waals surface area (Å²) >= 11 is 0.984. The van der Waals surface area contributed by atoms with Gasteiger partial charge in [0.1, 0.15) is 0 Å². The Balaban J connectivity index is 2.61. The fourth-order valence-corrected chi connectivity index (χ4v) is 1.92. The maximum absolute atomic E-state index is 10.4. The highest BCUT2D eigenvalue weighted by Crippen LogP contribution is 2.29. The van der Waals surface area contributed by atoms with Crippen molar-refractivity contribution in [3.8, 4) is 0 Å². The molecule has 82 valence electrons. The molecule has 0 aliphatic heterocycles. The molecule has 0 amide bonds. The minimum atomic E-state index is -0.920. The SMILES string of the molecule is NC(CCC(=O)O)c1ccc([N+](=O)[O-])s1. The second-order valence-corrected chi connectivity index (χ2v) is 4.07. The predicted molar refractivity (Wildman–Crippen MR) is 54.8 cm³/mol. The quantitative estimate of drug-likeness (QED) is 0.589. The Kier molecular flexibility index (Phi) is 3.75. The van der Waals surface area contributed by atoms with E-state index in [0.717, 1.165) is 11.3 Å². The number of nitrogens with zero attached hydrogens (tertiary/aromatic N) is 1. The van der Waals surface area contributed by atoms with Crippen molar-refractivity contribution in [3.63, 3.8) is 0 Å². The molecule has 0 fully saturated rings. The maximum Gasteiger partial charge on any atom is 0.324 e. The number of hydrogen-bond acceptors (Lipinski definition) is 5. The van der Waals surface area contributed by atoms with Gasteiger partial charge in [-0.25, -0.2) is 0 Å². The van der Waals surface area contributed by atoms with Crippen LogP contribution in [0.15, 0.2) is 12.1 Å². The van der Waals surface area contributed by atoms with Crippen LogP contribution in [-0.2, 0) is 4.79 Å². The predicted octanol–water partition coefficient (Wildman–Crippen LogP) is 1.52. The number of nitro groups is 1. The van der Waals surface area contributed by atoms with E-state index in [1.54, 1.807) is 6.07 Å². The van der Waals surface area contributed by atoms with Gasteiger partial charge in [-0.2, -0.15) is 0 Å². The summed E-state index contributed by atoms with van der Waals surface area (Å²) in [5.41, 5.74) is 5.68. The van der Waals surface area contributed by atoms with Crippen LogP contribution in [0.3, 0.4) is 0 Å². The molecule has 0 aliphatic rings. The van der Waals surface area contributed by atoms with Crippen molar-refractivity contribution in [2.24, 2.45) is 5.73 Å². The van der Waals surface area contributed by atoms with Crippen molar-refractivity contribution < 1.29 is 14.8 Å². The van der Waals surface area contributed by atoms with E-state index < -0.39 is 16.9 Å². The lowest BCUT2D eigenvalue weighted by Gasteiger charge is -2.05. The number of carboxylic acid groups (broad SMARTS) is 1. The summed E-state index contributed by atoms with van der Waals surface area (Å²) in [6, 6.07) is 2.50. The molecule has 7 heteroatoms. The zero-order valence-corrected chi connectivity index (χ0v) is 8.57. The van der Waals surface area contributed by atoms with Gasteiger partial charge >= 0.3 is 11.0 Å². The van der Waals surface area contributed by atoms with Crippen molar-refractivity contribution in [2.75, 3.05) is 0 Å². The maximum atomic E-state index is 10.4. The second-order valence-electron chi connectivity index (χ2n) is 2.97. The van der Waals surface area contributed by atoms with Crippen molar-refractivity contribution in [3.05, 3.63) is 27.1 Å². The number of hydrogen-bond donors (Lipinski definition) is 2. The Morgan fingerprint density at radius 2 is 2.33 bits per heavy atom. The van der Waals surface area contributed by atoms with Crippen LogP contribution in [0.25, 0.3) is 0 Å². The standard InChI is InChI=1S/C8H10N2O4S/c9-5(1-4-8(11)12)6-2-3-7(15-6)10(13)14/h2-3,5H,1,4,9H2,(H,11,12). The molecule has 0 spiro atoms. The van der Waals surface area contributed by atoms with Crippen LogP contribution in [0.4, 0.5) is 5.00 Å². The zero-order chi connectivity index (χ0) is 11.4. The molecule has 1 unspecified atom stereocenters. The van der Waals surface area contributed by atoms with Crippen LogP contribution in [0.5, 0.6) is 0 Å². The van der Waals surface area contributed by atoms with E-state index in [4.69, 9.17) is 10.8 Å². The Bertz CT molecular complexity index is 376. The van der Waals surface area contributed by atoms with E-state index in [0.29, 0.717) is 4.88 Å². The van der Waals surface area contributed by atoms with Crippen LogP contribution in [-0.4, -0.2) is 16.0 Å². The van der Waals surface area contributed by atoms with Crippen LogP contribution >= 0.6 is 11.3 Å². The first-order valence-corrected chi connectivity index (χ1v) is 5.04. The van der Waals surface area contributed by atoms with E-state index in [9.17, 15) is 14.9 Å². The Labute approximate surface area is 89.5 Å². The number of thiophene rings is 1. The Morgan fingerprint density at radius 1 is 1.67 bits per heavy atom. The number of aliphatic carboxylic acids is 1. The molecule has 0 aliphatic carbocycles. The van der Waals surface area contributed by atoms with Gasteiger partial charge in [-0.15, -0.1) is 0 Å². The lowest BCUT2D eigenvalue weighted by molar-refractivity contribution is -0.380. The lowest BCUT2D eigenvalue weighted by atomic mass is 10.1. The highest BCUT2D eigenvalue weighted by molar-refractivity contribution is 7.15. The molecule has 0 bridgehead atoms. The van der Waals surface area contributed by atoms with Crippen molar-refractivity contribution in [2.45, 2.75) is 18.9 Å². The van der Waals surface area contributed by atoms with Gasteiger partial charge in [-0.05, 0) is 12.5 Å². The number of rotatable bonds is 5. The molecule has 1 heterocycles. The van der Waals surface area contributed by atoms with Gasteiger partial charge in [0.25, 0.3) is 0 Å². The summed E-state index contributed by atoms with van der Waals surface area (Å²) in [5.74, 6) is -0.920. The smallest absolute Gasteiger partial charge is 0.324 e. The van der Waals surface area contributed by atoms with Gasteiger partial charge in [0.2, 0.25) is 0 Å². The largest absolute Gasteiger partial charge is 0.481 e. The van der Waals surface area contributed by atoms with Crippen molar-refractivity contribution in [1.82, 2.24) is 0 Å². The fourth-order valence-electron chi connectivity index (χ4n) is 1.06. The minimum Gasteiger partial charge on any atom is -0.481 e. The third-order valence-electron chi connectivity index (χ3n) is 1.83. The molecule has 0 aromatic carbocycles. The van der Waals surface area contributed by atoms with Gasteiger partial charge in [-0.1, -0.05) is 11.3 Å². The van der Waals surface area contributed by atoms with E-state index in [2.05, 4.69) is 0 Å². The molecular formula is C8H10N2O4S. The summed E-state index contributed by atoms with van der Waals surface area (Å²) in [5, 5.41) is 18.9. The van der Waals surface area contributed by atoms with E-state index >= 15 is 0 Å². The fraction of sp³-hybridized carbons (Fsp3) is 0.375. The minimum absolute atomic E-state index is 0.0239. The van der Waals surface area contributed by atoms with Gasteiger partial charge < -0.3 is 10.8 Å². The third-order valence-corrected chi connectivity index (χ3v) is 3.00. The number of carbonyl (C=O) groups is 1. The summed E-state index contributed by atoms with van der Waals surface area (Å²) < 4.78 is 0. The average molecular weight is 230 g/mol. The Morgan fingerprint density at radius 3 is 2.80 bits per heavy atom. The average Bonchev–Trinajstić information content (AvgIpc) is 2.62. The zero-order valence-electron chi connectivity index (χ0n) is 7.75. The normalized spacial score (nSPS) is 12.3.